The van der Waals surface area contributed by atoms with Gasteiger partial charge in [0.05, 0.1) is 17.3 Å². The molecule has 5 heteroatoms. The predicted molar refractivity (Wildman–Crippen MR) is 97.4 cm³/mol. The van der Waals surface area contributed by atoms with Crippen LogP contribution < -0.4 is 10.3 Å². The molecule has 2 aromatic heterocycles. The van der Waals surface area contributed by atoms with Crippen molar-refractivity contribution < 1.29 is 4.74 Å². The van der Waals surface area contributed by atoms with E-state index in [0.717, 1.165) is 32.1 Å². The molecule has 4 nitrogen and oxygen atoms in total. The molecule has 0 radical (unpaired) electrons. The number of hydrogen-bond donors (Lipinski definition) is 0. The van der Waals surface area contributed by atoms with Crippen molar-refractivity contribution in [3.8, 4) is 5.75 Å². The molecule has 2 heterocycles. The SMILES string of the molecule is COc1cccc(Cc2cnc3sc4ccc(C)cc4n3c2=O)c1. The van der Waals surface area contributed by atoms with Crippen LogP contribution in [-0.4, -0.2) is 16.5 Å². The molecule has 0 spiro atoms. The highest BCUT2D eigenvalue weighted by atomic mass is 32.1. The Balaban J connectivity index is 1.87. The number of benzene rings is 2. The average Bonchev–Trinajstić information content (AvgIpc) is 2.96. The third kappa shape index (κ3) is 2.47. The molecule has 0 bridgehead atoms. The fourth-order valence-corrected chi connectivity index (χ4v) is 3.84. The van der Waals surface area contributed by atoms with Gasteiger partial charge in [0, 0.05) is 18.2 Å². The quantitative estimate of drug-likeness (QED) is 0.571. The van der Waals surface area contributed by atoms with E-state index in [0.29, 0.717) is 12.0 Å². The summed E-state index contributed by atoms with van der Waals surface area (Å²) in [6.07, 6.45) is 2.23. The maximum Gasteiger partial charge on any atom is 0.262 e. The average molecular weight is 336 g/mol. The lowest BCUT2D eigenvalue weighted by Gasteiger charge is -2.05. The molecule has 0 amide bonds. The zero-order chi connectivity index (χ0) is 16.7. The summed E-state index contributed by atoms with van der Waals surface area (Å²) in [5.74, 6) is 0.790. The summed E-state index contributed by atoms with van der Waals surface area (Å²) in [7, 11) is 1.64. The van der Waals surface area contributed by atoms with Crippen molar-refractivity contribution in [2.75, 3.05) is 7.11 Å². The van der Waals surface area contributed by atoms with Crippen LogP contribution in [0.4, 0.5) is 0 Å². The molecule has 120 valence electrons. The number of nitrogens with zero attached hydrogens (tertiary/aromatic N) is 2. The molecular weight excluding hydrogens is 320 g/mol. The van der Waals surface area contributed by atoms with E-state index in [2.05, 4.69) is 11.1 Å². The van der Waals surface area contributed by atoms with Crippen LogP contribution in [0.25, 0.3) is 15.2 Å². The van der Waals surface area contributed by atoms with Gasteiger partial charge in [-0.15, -0.1) is 0 Å². The van der Waals surface area contributed by atoms with E-state index < -0.39 is 0 Å². The minimum absolute atomic E-state index is 0.000306. The van der Waals surface area contributed by atoms with Gasteiger partial charge in [0.25, 0.3) is 5.56 Å². The molecule has 4 aromatic rings. The Hall–Kier alpha value is -2.66. The fourth-order valence-electron chi connectivity index (χ4n) is 2.87. The van der Waals surface area contributed by atoms with Crippen LogP contribution >= 0.6 is 11.3 Å². The maximum absolute atomic E-state index is 13.0. The van der Waals surface area contributed by atoms with Gasteiger partial charge in [0.1, 0.15) is 5.75 Å². The Labute approximate surface area is 143 Å². The van der Waals surface area contributed by atoms with E-state index in [1.165, 1.54) is 11.3 Å². The minimum Gasteiger partial charge on any atom is -0.497 e. The zero-order valence-electron chi connectivity index (χ0n) is 13.4. The van der Waals surface area contributed by atoms with E-state index in [-0.39, 0.29) is 5.56 Å². The van der Waals surface area contributed by atoms with Crippen molar-refractivity contribution in [2.45, 2.75) is 13.3 Å². The van der Waals surface area contributed by atoms with Gasteiger partial charge in [-0.05, 0) is 42.3 Å². The summed E-state index contributed by atoms with van der Waals surface area (Å²) in [5.41, 5.74) is 3.78. The number of thiazole rings is 1. The molecule has 0 saturated carbocycles. The van der Waals surface area contributed by atoms with Crippen molar-refractivity contribution >= 4 is 26.5 Å². The summed E-state index contributed by atoms with van der Waals surface area (Å²) in [6.45, 7) is 2.03. The van der Waals surface area contributed by atoms with Gasteiger partial charge >= 0.3 is 0 Å². The molecule has 24 heavy (non-hydrogen) atoms. The summed E-state index contributed by atoms with van der Waals surface area (Å²) in [5, 5.41) is 0. The predicted octanol–water partition coefficient (Wildman–Crippen LogP) is 3.82. The first kappa shape index (κ1) is 14.9. The number of ether oxygens (including phenoxy) is 1. The monoisotopic (exact) mass is 336 g/mol. The number of rotatable bonds is 3. The van der Waals surface area contributed by atoms with Gasteiger partial charge in [-0.3, -0.25) is 9.20 Å². The van der Waals surface area contributed by atoms with Crippen molar-refractivity contribution in [3.63, 3.8) is 0 Å². The molecule has 0 aliphatic heterocycles. The summed E-state index contributed by atoms with van der Waals surface area (Å²) in [4.78, 5) is 18.2. The smallest absolute Gasteiger partial charge is 0.262 e. The molecule has 0 saturated heterocycles. The standard InChI is InChI=1S/C19H16N2O2S/c1-12-6-7-17-16(8-12)21-18(22)14(11-20-19(21)24-17)9-13-4-3-5-15(10-13)23-2/h3-8,10-11H,9H2,1-2H3. The molecule has 0 aliphatic rings. The fraction of sp³-hybridized carbons (Fsp3) is 0.158. The number of methoxy groups -OCH3 is 1. The van der Waals surface area contributed by atoms with Gasteiger partial charge in [0.2, 0.25) is 0 Å². The maximum atomic E-state index is 13.0. The summed E-state index contributed by atoms with van der Waals surface area (Å²) in [6, 6.07) is 13.9. The Kier molecular flexibility index (Phi) is 3.58. The Bertz CT molecular complexity index is 1110. The Morgan fingerprint density at radius 2 is 2.08 bits per heavy atom. The first-order valence-corrected chi connectivity index (χ1v) is 8.50. The topological polar surface area (TPSA) is 43.6 Å². The van der Waals surface area contributed by atoms with Crippen LogP contribution in [0.15, 0.2) is 53.5 Å². The highest BCUT2D eigenvalue weighted by Crippen LogP contribution is 2.25. The normalized spacial score (nSPS) is 11.2. The van der Waals surface area contributed by atoms with Crippen LogP contribution in [0.1, 0.15) is 16.7 Å². The van der Waals surface area contributed by atoms with E-state index in [4.69, 9.17) is 4.74 Å². The number of hydrogen-bond acceptors (Lipinski definition) is 4. The molecule has 0 atom stereocenters. The van der Waals surface area contributed by atoms with Gasteiger partial charge in [-0.1, -0.05) is 29.5 Å². The molecule has 2 aromatic carbocycles. The van der Waals surface area contributed by atoms with Gasteiger partial charge in [-0.2, -0.15) is 0 Å². The highest BCUT2D eigenvalue weighted by Gasteiger charge is 2.12. The number of fused-ring (bicyclic) bond motifs is 3. The van der Waals surface area contributed by atoms with Crippen molar-refractivity contribution in [1.29, 1.82) is 0 Å². The van der Waals surface area contributed by atoms with Crippen molar-refractivity contribution in [1.82, 2.24) is 9.38 Å². The summed E-state index contributed by atoms with van der Waals surface area (Å²) < 4.78 is 8.05. The van der Waals surface area contributed by atoms with Crippen LogP contribution in [-0.2, 0) is 6.42 Å². The lowest BCUT2D eigenvalue weighted by atomic mass is 10.1. The van der Waals surface area contributed by atoms with E-state index in [9.17, 15) is 4.79 Å². The largest absolute Gasteiger partial charge is 0.497 e. The second-order valence-electron chi connectivity index (χ2n) is 5.81. The van der Waals surface area contributed by atoms with E-state index in [1.54, 1.807) is 17.7 Å². The third-order valence-corrected chi connectivity index (χ3v) is 5.12. The third-order valence-electron chi connectivity index (χ3n) is 4.09. The first-order chi connectivity index (χ1) is 11.7. The van der Waals surface area contributed by atoms with Crippen molar-refractivity contribution in [2.24, 2.45) is 0 Å². The first-order valence-electron chi connectivity index (χ1n) is 7.68. The van der Waals surface area contributed by atoms with Gasteiger partial charge in [0.15, 0.2) is 4.96 Å². The Morgan fingerprint density at radius 3 is 2.92 bits per heavy atom. The van der Waals surface area contributed by atoms with Gasteiger partial charge in [-0.25, -0.2) is 4.98 Å². The van der Waals surface area contributed by atoms with Crippen molar-refractivity contribution in [3.05, 3.63) is 75.7 Å². The van der Waals surface area contributed by atoms with Crippen LogP contribution in [0.3, 0.4) is 0 Å². The lowest BCUT2D eigenvalue weighted by molar-refractivity contribution is 0.414. The molecule has 0 N–H and O–H groups in total. The Morgan fingerprint density at radius 1 is 1.21 bits per heavy atom. The molecular formula is C19H16N2O2S. The summed E-state index contributed by atoms with van der Waals surface area (Å²) >= 11 is 1.54. The highest BCUT2D eigenvalue weighted by molar-refractivity contribution is 7.23. The lowest BCUT2D eigenvalue weighted by Crippen LogP contribution is -2.18. The second kappa shape index (κ2) is 5.76. The molecule has 4 rings (SSSR count). The number of aryl methyl sites for hydroxylation is 1. The van der Waals surface area contributed by atoms with Crippen LogP contribution in [0, 0.1) is 6.92 Å². The minimum atomic E-state index is -0.000306. The van der Waals surface area contributed by atoms with E-state index in [1.807, 2.05) is 43.3 Å². The zero-order valence-corrected chi connectivity index (χ0v) is 14.3. The van der Waals surface area contributed by atoms with Crippen LogP contribution in [0.5, 0.6) is 5.75 Å². The molecule has 0 fully saturated rings. The molecule has 0 aliphatic carbocycles. The van der Waals surface area contributed by atoms with E-state index >= 15 is 0 Å². The second-order valence-corrected chi connectivity index (χ2v) is 6.82. The van der Waals surface area contributed by atoms with Crippen LogP contribution in [0.2, 0.25) is 0 Å². The van der Waals surface area contributed by atoms with Gasteiger partial charge < -0.3 is 4.74 Å². The molecule has 0 unspecified atom stereocenters. The number of aromatic nitrogens is 2.